The SMILES string of the molecule is N=NCC(NC(=O)c1sccc1Nc1ccnc2[nH]ccc12)c1ccccc1. The van der Waals surface area contributed by atoms with Gasteiger partial charge in [-0.2, -0.15) is 5.11 Å². The number of benzene rings is 1. The first kappa shape index (κ1) is 17.9. The van der Waals surface area contributed by atoms with Crippen LogP contribution >= 0.6 is 11.3 Å². The smallest absolute Gasteiger partial charge is 0.264 e. The van der Waals surface area contributed by atoms with Crippen LogP contribution in [0.2, 0.25) is 0 Å². The van der Waals surface area contributed by atoms with Crippen molar-refractivity contribution in [2.75, 3.05) is 11.9 Å². The van der Waals surface area contributed by atoms with Crippen molar-refractivity contribution >= 4 is 39.7 Å². The molecule has 0 aliphatic heterocycles. The minimum atomic E-state index is -0.349. The Balaban J connectivity index is 1.57. The van der Waals surface area contributed by atoms with Gasteiger partial charge in [-0.25, -0.2) is 10.5 Å². The summed E-state index contributed by atoms with van der Waals surface area (Å²) in [7, 11) is 0. The summed E-state index contributed by atoms with van der Waals surface area (Å²) in [6.07, 6.45) is 3.55. The number of H-pyrrole nitrogens is 1. The van der Waals surface area contributed by atoms with Gasteiger partial charge in [0.25, 0.3) is 5.91 Å². The van der Waals surface area contributed by atoms with E-state index in [2.05, 4.69) is 25.7 Å². The van der Waals surface area contributed by atoms with E-state index in [9.17, 15) is 4.79 Å². The number of pyridine rings is 1. The highest BCUT2D eigenvalue weighted by molar-refractivity contribution is 7.12. The van der Waals surface area contributed by atoms with E-state index in [1.54, 1.807) is 6.20 Å². The van der Waals surface area contributed by atoms with Crippen molar-refractivity contribution in [2.24, 2.45) is 5.11 Å². The molecule has 3 aromatic heterocycles. The van der Waals surface area contributed by atoms with E-state index in [-0.39, 0.29) is 18.5 Å². The summed E-state index contributed by atoms with van der Waals surface area (Å²) in [6.45, 7) is 0.193. The van der Waals surface area contributed by atoms with Crippen LogP contribution in [0.4, 0.5) is 11.4 Å². The third-order valence-electron chi connectivity index (χ3n) is 4.38. The maximum Gasteiger partial charge on any atom is 0.264 e. The molecular weight excluding hydrogens is 372 g/mol. The number of thiophene rings is 1. The Morgan fingerprint density at radius 1 is 1.18 bits per heavy atom. The van der Waals surface area contributed by atoms with Crippen molar-refractivity contribution in [1.82, 2.24) is 15.3 Å². The molecular formula is C20H18N6OS. The van der Waals surface area contributed by atoms with E-state index >= 15 is 0 Å². The van der Waals surface area contributed by atoms with E-state index in [0.717, 1.165) is 28.0 Å². The number of rotatable bonds is 7. The monoisotopic (exact) mass is 390 g/mol. The van der Waals surface area contributed by atoms with Gasteiger partial charge in [-0.1, -0.05) is 30.3 Å². The second kappa shape index (κ2) is 8.01. The molecule has 28 heavy (non-hydrogen) atoms. The molecule has 4 N–H and O–H groups in total. The molecule has 0 bridgehead atoms. The second-order valence-corrected chi connectivity index (χ2v) is 7.08. The summed E-state index contributed by atoms with van der Waals surface area (Å²) >= 11 is 1.36. The van der Waals surface area contributed by atoms with E-state index in [1.165, 1.54) is 11.3 Å². The first-order valence-corrected chi connectivity index (χ1v) is 9.60. The molecule has 1 atom stereocenters. The number of anilines is 2. The Morgan fingerprint density at radius 2 is 2.04 bits per heavy atom. The maximum absolute atomic E-state index is 12.9. The van der Waals surface area contributed by atoms with Gasteiger partial charge in [-0.05, 0) is 29.1 Å². The molecule has 7 nitrogen and oxygen atoms in total. The fourth-order valence-corrected chi connectivity index (χ4v) is 3.79. The third kappa shape index (κ3) is 3.63. The highest BCUT2D eigenvalue weighted by atomic mass is 32.1. The number of carbonyl (C=O) groups is 1. The number of hydrogen-bond donors (Lipinski definition) is 4. The predicted molar refractivity (Wildman–Crippen MR) is 110 cm³/mol. The summed E-state index contributed by atoms with van der Waals surface area (Å²) in [4.78, 5) is 20.9. The van der Waals surface area contributed by atoms with Crippen LogP contribution in [0.1, 0.15) is 21.3 Å². The van der Waals surface area contributed by atoms with E-state index in [4.69, 9.17) is 5.53 Å². The molecule has 4 rings (SSSR count). The van der Waals surface area contributed by atoms with Crippen molar-refractivity contribution < 1.29 is 4.79 Å². The van der Waals surface area contributed by atoms with Crippen LogP contribution < -0.4 is 10.6 Å². The van der Waals surface area contributed by atoms with Crippen LogP contribution in [0.15, 0.2) is 71.4 Å². The average Bonchev–Trinajstić information content (AvgIpc) is 3.38. The van der Waals surface area contributed by atoms with Gasteiger partial charge in [0, 0.05) is 17.8 Å². The molecule has 8 heteroatoms. The standard InChI is InChI=1S/C20H18N6OS/c21-24-12-17(13-4-2-1-3-5-13)26-20(27)18-16(8-11-28-18)25-15-7-10-23-19-14(15)6-9-22-19/h1-11,17,21H,12H2,(H,26,27)(H2,22,23,25). The second-order valence-electron chi connectivity index (χ2n) is 6.16. The number of aromatic amines is 1. The molecule has 0 radical (unpaired) electrons. The van der Waals surface area contributed by atoms with Gasteiger partial charge in [0.2, 0.25) is 0 Å². The molecule has 0 aliphatic carbocycles. The van der Waals surface area contributed by atoms with Crippen molar-refractivity contribution in [3.8, 4) is 0 Å². The Labute approximate surface area is 165 Å². The number of fused-ring (bicyclic) bond motifs is 1. The lowest BCUT2D eigenvalue weighted by molar-refractivity contribution is 0.0942. The summed E-state index contributed by atoms with van der Waals surface area (Å²) in [5.74, 6) is -0.200. The van der Waals surface area contributed by atoms with Gasteiger partial charge in [0.05, 0.1) is 24.0 Å². The predicted octanol–water partition coefficient (Wildman–Crippen LogP) is 4.87. The van der Waals surface area contributed by atoms with Crippen molar-refractivity contribution in [3.05, 3.63) is 76.7 Å². The molecule has 0 spiro atoms. The maximum atomic E-state index is 12.9. The third-order valence-corrected chi connectivity index (χ3v) is 5.30. The average molecular weight is 390 g/mol. The van der Waals surface area contributed by atoms with Crippen molar-refractivity contribution in [3.63, 3.8) is 0 Å². The zero-order valence-corrected chi connectivity index (χ0v) is 15.7. The Morgan fingerprint density at radius 3 is 2.86 bits per heavy atom. The number of carbonyl (C=O) groups excluding carboxylic acids is 1. The minimum Gasteiger partial charge on any atom is -0.354 e. The van der Waals surface area contributed by atoms with Gasteiger partial charge < -0.3 is 15.6 Å². The number of amides is 1. The number of hydrogen-bond acceptors (Lipinski definition) is 6. The van der Waals surface area contributed by atoms with Gasteiger partial charge >= 0.3 is 0 Å². The van der Waals surface area contributed by atoms with E-state index in [1.807, 2.05) is 60.1 Å². The zero-order chi connectivity index (χ0) is 19.3. The zero-order valence-electron chi connectivity index (χ0n) is 14.8. The highest BCUT2D eigenvalue weighted by Gasteiger charge is 2.19. The van der Waals surface area contributed by atoms with Crippen LogP contribution in [0.5, 0.6) is 0 Å². The first-order chi connectivity index (χ1) is 13.8. The topological polar surface area (TPSA) is 106 Å². The molecule has 1 amide bonds. The van der Waals surface area contributed by atoms with Gasteiger partial charge in [-0.15, -0.1) is 11.3 Å². The molecule has 0 saturated carbocycles. The quantitative estimate of drug-likeness (QED) is 0.338. The van der Waals surface area contributed by atoms with Crippen LogP contribution in [-0.4, -0.2) is 22.4 Å². The van der Waals surface area contributed by atoms with Crippen molar-refractivity contribution in [1.29, 1.82) is 5.53 Å². The molecule has 0 saturated heterocycles. The number of aromatic nitrogens is 2. The fourth-order valence-electron chi connectivity index (χ4n) is 3.03. The number of nitrogens with zero attached hydrogens (tertiary/aromatic N) is 2. The molecule has 4 aromatic rings. The molecule has 0 fully saturated rings. The Kier molecular flexibility index (Phi) is 5.11. The van der Waals surface area contributed by atoms with Crippen LogP contribution in [0, 0.1) is 5.53 Å². The van der Waals surface area contributed by atoms with E-state index < -0.39 is 0 Å². The molecule has 1 aromatic carbocycles. The minimum absolute atomic E-state index is 0.193. The van der Waals surface area contributed by atoms with Gasteiger partial charge in [0.15, 0.2) is 0 Å². The van der Waals surface area contributed by atoms with Crippen LogP contribution in [-0.2, 0) is 0 Å². The molecule has 0 aliphatic rings. The van der Waals surface area contributed by atoms with Crippen molar-refractivity contribution in [2.45, 2.75) is 6.04 Å². The molecule has 1 unspecified atom stereocenters. The summed E-state index contributed by atoms with van der Waals surface area (Å²) < 4.78 is 0. The lowest BCUT2D eigenvalue weighted by Gasteiger charge is -2.17. The molecule has 3 heterocycles. The summed E-state index contributed by atoms with van der Waals surface area (Å²) in [6, 6.07) is 14.9. The largest absolute Gasteiger partial charge is 0.354 e. The lowest BCUT2D eigenvalue weighted by atomic mass is 10.1. The Bertz CT molecular complexity index is 1100. The summed E-state index contributed by atoms with van der Waals surface area (Å²) in [5, 5.41) is 12.6. The first-order valence-electron chi connectivity index (χ1n) is 8.72. The lowest BCUT2D eigenvalue weighted by Crippen LogP contribution is -2.30. The van der Waals surface area contributed by atoms with Crippen LogP contribution in [0.3, 0.4) is 0 Å². The Hall–Kier alpha value is -3.52. The highest BCUT2D eigenvalue weighted by Crippen LogP contribution is 2.30. The number of nitrogens with one attached hydrogen (secondary N) is 4. The van der Waals surface area contributed by atoms with Crippen LogP contribution in [0.25, 0.3) is 11.0 Å². The fraction of sp³-hybridized carbons (Fsp3) is 0.100. The molecule has 140 valence electrons. The van der Waals surface area contributed by atoms with E-state index in [0.29, 0.717) is 4.88 Å². The normalized spacial score (nSPS) is 11.9. The van der Waals surface area contributed by atoms with Gasteiger partial charge in [-0.3, -0.25) is 4.79 Å². The summed E-state index contributed by atoms with van der Waals surface area (Å²) in [5.41, 5.74) is 10.5. The van der Waals surface area contributed by atoms with Gasteiger partial charge in [0.1, 0.15) is 10.5 Å².